The lowest BCUT2D eigenvalue weighted by Crippen LogP contribution is -2.68. The van der Waals surface area contributed by atoms with Crippen LogP contribution < -0.4 is 63.6 Å². The number of aromatic amines is 1. The summed E-state index contributed by atoms with van der Waals surface area (Å²) >= 11 is 0. The molecule has 2 fully saturated rings. The van der Waals surface area contributed by atoms with Gasteiger partial charge in [-0.25, -0.2) is 0 Å². The molecular weight excluding hydrogens is 1290 g/mol. The highest BCUT2D eigenvalue weighted by Crippen LogP contribution is 2.33. The van der Waals surface area contributed by atoms with Crippen LogP contribution in [0.5, 0.6) is 5.75 Å². The van der Waals surface area contributed by atoms with E-state index < -0.39 is 217 Å². The zero-order valence-corrected chi connectivity index (χ0v) is 55.6. The van der Waals surface area contributed by atoms with Gasteiger partial charge in [-0.15, -0.1) is 0 Å². The van der Waals surface area contributed by atoms with Gasteiger partial charge in [-0.05, 0) is 60.6 Å². The molecular formula is C63H86N14O19S. The Bertz CT molecular complexity index is 3550. The first-order valence-electron chi connectivity index (χ1n) is 31.9. The highest BCUT2D eigenvalue weighted by molar-refractivity contribution is 7.85. The minimum atomic E-state index is -2.47. The van der Waals surface area contributed by atoms with Crippen LogP contribution in [0.2, 0.25) is 0 Å². The Kier molecular flexibility index (Phi) is 25.7. The van der Waals surface area contributed by atoms with E-state index in [4.69, 9.17) is 10.5 Å². The van der Waals surface area contributed by atoms with Gasteiger partial charge in [-0.1, -0.05) is 60.1 Å². The number of aromatic nitrogens is 1. The summed E-state index contributed by atoms with van der Waals surface area (Å²) in [5.41, 5.74) is 4.37. The van der Waals surface area contributed by atoms with Crippen LogP contribution in [0, 0.1) is 23.7 Å². The molecule has 4 unspecified atom stereocenters. The minimum absolute atomic E-state index is 0.0573. The number of hydrogen-bond acceptors (Lipinski definition) is 20. The number of nitrogens with zero attached hydrogens (tertiary/aromatic N) is 2. The average Bonchev–Trinajstić information content (AvgIpc) is 1.65. The number of carbonyl (C=O) groups is 14. The SMILES string of the molecule is CC[C@H](C)[C@@H]1NC(=O)CNC(=O)C2Cc3c([nH]c4cc(OCc5ccc(NC(=O)[C@H](C)NC(=O)[C@@H](NC(=O)CCN6C(=O)CC(C)C6=O)C(C)C)cc5)ccc34)S(=O)CC(NC(=O)CNC1=O)C(=O)N[C@@H](CCC(N)=O)C(=O)N1C[C@H](O)C[C@]1(C=O)N[C@@H]([C@@H](C)[C@@H](O)CO)C(=O)N2. The third-order valence-corrected chi connectivity index (χ3v) is 19.0. The lowest BCUT2D eigenvalue weighted by atomic mass is 9.92. The molecule has 2 saturated heterocycles. The molecule has 3 aromatic rings. The minimum Gasteiger partial charge on any atom is -0.489 e. The van der Waals surface area contributed by atoms with Crippen LogP contribution in [-0.4, -0.2) is 216 Å². The maximum absolute atomic E-state index is 15.2. The predicted octanol–water partition coefficient (Wildman–Crippen LogP) is -4.29. The van der Waals surface area contributed by atoms with Crippen LogP contribution in [0.4, 0.5) is 5.69 Å². The van der Waals surface area contributed by atoms with Crippen LogP contribution in [0.1, 0.15) is 98.1 Å². The molecule has 2 bridgehead atoms. The Morgan fingerprint density at radius 1 is 0.814 bits per heavy atom. The fraction of sp³-hybridized carbons (Fsp3) is 0.556. The third-order valence-electron chi connectivity index (χ3n) is 17.6. The number of H-pyrrole nitrogens is 1. The average molecular weight is 1380 g/mol. The van der Waals surface area contributed by atoms with E-state index in [1.165, 1.54) is 32.0 Å². The van der Waals surface area contributed by atoms with E-state index >= 15 is 9.00 Å². The first-order valence-corrected chi connectivity index (χ1v) is 33.2. The number of ether oxygens (including phenoxy) is 1. The van der Waals surface area contributed by atoms with Crippen molar-refractivity contribution in [2.45, 2.75) is 165 Å². The van der Waals surface area contributed by atoms with E-state index in [-0.39, 0.29) is 71.3 Å². The molecule has 14 atom stereocenters. The first-order chi connectivity index (χ1) is 45.9. The second-order valence-electron chi connectivity index (χ2n) is 25.3. The number of rotatable bonds is 21. The van der Waals surface area contributed by atoms with Crippen molar-refractivity contribution in [2.75, 3.05) is 43.9 Å². The predicted molar refractivity (Wildman–Crippen MR) is 344 cm³/mol. The summed E-state index contributed by atoms with van der Waals surface area (Å²) < 4.78 is 21.4. The van der Waals surface area contributed by atoms with Crippen LogP contribution in [0.3, 0.4) is 0 Å². The first kappa shape index (κ1) is 75.1. The number of primary amides is 1. The normalized spacial score (nSPS) is 25.6. The summed E-state index contributed by atoms with van der Waals surface area (Å²) in [7, 11) is -2.47. The van der Waals surface area contributed by atoms with E-state index in [2.05, 4.69) is 58.2 Å². The highest BCUT2D eigenvalue weighted by atomic mass is 32.2. The van der Waals surface area contributed by atoms with Gasteiger partial charge in [-0.2, -0.15) is 0 Å². The number of nitrogens with two attached hydrogens (primary N) is 1. The molecule has 4 aliphatic rings. The van der Waals surface area contributed by atoms with Crippen molar-refractivity contribution >= 4 is 110 Å². The van der Waals surface area contributed by atoms with Gasteiger partial charge in [0.25, 0.3) is 0 Å². The Morgan fingerprint density at radius 3 is 2.12 bits per heavy atom. The van der Waals surface area contributed by atoms with Gasteiger partial charge in [0, 0.05) is 74.2 Å². The Labute approximate surface area is 560 Å². The summed E-state index contributed by atoms with van der Waals surface area (Å²) in [4.78, 5) is 196. The number of aliphatic hydroxyl groups excluding tert-OH is 3. The summed E-state index contributed by atoms with van der Waals surface area (Å²) in [6, 6.07) is 0.299. The van der Waals surface area contributed by atoms with Gasteiger partial charge in [0.15, 0.2) is 11.9 Å². The number of imide groups is 1. The molecule has 5 heterocycles. The zero-order valence-electron chi connectivity index (χ0n) is 54.8. The number of carbonyl (C=O) groups excluding carboxylic acids is 14. The van der Waals surface area contributed by atoms with E-state index in [1.54, 1.807) is 58.9 Å². The monoisotopic (exact) mass is 1370 g/mol. The molecule has 0 saturated carbocycles. The van der Waals surface area contributed by atoms with Crippen molar-refractivity contribution in [2.24, 2.45) is 29.4 Å². The molecule has 2 aromatic carbocycles. The van der Waals surface area contributed by atoms with Crippen LogP contribution in [0.25, 0.3) is 10.9 Å². The number of amides is 13. The Hall–Kier alpha value is -9.25. The number of hydrogen-bond donors (Lipinski definition) is 15. The third kappa shape index (κ3) is 18.9. The molecule has 13 amide bonds. The number of fused-ring (bicyclic) bond motifs is 5. The maximum atomic E-state index is 15.2. The quantitative estimate of drug-likeness (QED) is 0.0354. The van der Waals surface area contributed by atoms with Gasteiger partial charge in [-0.3, -0.25) is 81.5 Å². The van der Waals surface area contributed by atoms with E-state index in [1.807, 2.05) is 0 Å². The molecule has 528 valence electrons. The molecule has 34 heteroatoms. The lowest BCUT2D eigenvalue weighted by molar-refractivity contribution is -0.147. The standard InChI is InChI=1S/C63H86N14O19S/c1-8-31(4)52-57(90)66-23-48(84)69-44-28-97(95)60-40(21-43(55(88)65-24-49(85)74-52)71-59(92)53(33(6)45(81)26-78)75-63(29-79)22-37(80)25-77(63)62(94)41(70-56(44)89)15-16-46(64)82)39-14-13-38(20-42(39)72-60)96-27-35-9-11-36(12-10-35)68-54(87)34(7)67-58(91)51(30(2)3)73-47(83)17-18-76-50(86)19-32(5)61(76)93/h9-14,20,29-34,37,41,43-45,51-53,72,75,78,80-81H,8,15-19,21-28H2,1-7H3,(H2,64,82)(H,65,88)(H,66,90)(H,67,91)(H,68,87)(H,69,84)(H,70,89)(H,71,92)(H,73,83)(H,74,85)/t31-,32?,33-,34-,37+,41-,43?,44?,45-,51-,52-,53-,63-,97?/m0/s1. The molecule has 0 radical (unpaired) electrons. The topological polar surface area (TPSA) is 495 Å². The summed E-state index contributed by atoms with van der Waals surface area (Å²) in [5, 5.41) is 58.4. The number of benzene rings is 2. The second-order valence-corrected chi connectivity index (χ2v) is 26.7. The molecule has 0 aliphatic carbocycles. The van der Waals surface area contributed by atoms with Crippen LogP contribution in [0.15, 0.2) is 47.5 Å². The number of likely N-dealkylation sites (tertiary alicyclic amines) is 1. The molecule has 1 aromatic heterocycles. The second kappa shape index (κ2) is 33.1. The van der Waals surface area contributed by atoms with Gasteiger partial charge >= 0.3 is 0 Å². The summed E-state index contributed by atoms with van der Waals surface area (Å²) in [6.07, 6.45) is -5.13. The molecule has 4 aliphatic heterocycles. The van der Waals surface area contributed by atoms with Gasteiger partial charge in [0.1, 0.15) is 53.6 Å². The van der Waals surface area contributed by atoms with E-state index in [9.17, 15) is 77.6 Å². The number of aliphatic hydroxyl groups is 3. The fourth-order valence-corrected chi connectivity index (χ4v) is 13.0. The van der Waals surface area contributed by atoms with Crippen molar-refractivity contribution < 1.29 is 91.4 Å². The van der Waals surface area contributed by atoms with Crippen molar-refractivity contribution in [1.82, 2.24) is 62.6 Å². The Morgan fingerprint density at radius 2 is 1.49 bits per heavy atom. The molecule has 33 nitrogen and oxygen atoms in total. The number of anilines is 1. The van der Waals surface area contributed by atoms with Crippen molar-refractivity contribution in [3.05, 3.63) is 53.6 Å². The molecule has 7 rings (SSSR count). The summed E-state index contributed by atoms with van der Waals surface area (Å²) in [5.74, 6) is -14.2. The lowest BCUT2D eigenvalue weighted by Gasteiger charge is -2.41. The smallest absolute Gasteiger partial charge is 0.247 e. The highest BCUT2D eigenvalue weighted by Gasteiger charge is 2.53. The molecule has 16 N–H and O–H groups in total. The van der Waals surface area contributed by atoms with Gasteiger partial charge in [0.2, 0.25) is 76.8 Å². The largest absolute Gasteiger partial charge is 0.489 e. The number of nitrogens with one attached hydrogen (secondary N) is 11. The Balaban J connectivity index is 1.20. The van der Waals surface area contributed by atoms with Gasteiger partial charge in [0.05, 0.1) is 60.0 Å². The molecule has 97 heavy (non-hydrogen) atoms. The maximum Gasteiger partial charge on any atom is 0.247 e. The van der Waals surface area contributed by atoms with E-state index in [0.29, 0.717) is 17.7 Å². The van der Waals surface area contributed by atoms with Crippen molar-refractivity contribution in [3.63, 3.8) is 0 Å². The van der Waals surface area contributed by atoms with Crippen molar-refractivity contribution in [3.8, 4) is 5.75 Å². The fourth-order valence-electron chi connectivity index (χ4n) is 11.7. The number of aldehydes is 1. The zero-order chi connectivity index (χ0) is 71.3. The molecule has 0 spiro atoms. The van der Waals surface area contributed by atoms with Crippen molar-refractivity contribution in [1.29, 1.82) is 0 Å². The van der Waals surface area contributed by atoms with E-state index in [0.717, 1.165) is 9.80 Å². The summed E-state index contributed by atoms with van der Waals surface area (Å²) in [6.45, 7) is 7.74. The van der Waals surface area contributed by atoms with Crippen LogP contribution in [-0.2, 0) is 91.0 Å². The van der Waals surface area contributed by atoms with Gasteiger partial charge < -0.3 is 83.5 Å². The van der Waals surface area contributed by atoms with Crippen LogP contribution >= 0.6 is 0 Å².